The topological polar surface area (TPSA) is 49.3 Å². The fourth-order valence-corrected chi connectivity index (χ4v) is 2.45. The summed E-state index contributed by atoms with van der Waals surface area (Å²) in [5.74, 6) is 0.212. The van der Waals surface area contributed by atoms with Crippen molar-refractivity contribution in [2.75, 3.05) is 0 Å². The maximum Gasteiger partial charge on any atom is 0.251 e. The van der Waals surface area contributed by atoms with Crippen molar-refractivity contribution >= 4 is 21.8 Å². The Balaban J connectivity index is 1.85. The van der Waals surface area contributed by atoms with Gasteiger partial charge in [0.1, 0.15) is 5.75 Å². The van der Waals surface area contributed by atoms with Crippen molar-refractivity contribution in [2.45, 2.75) is 25.8 Å². The third kappa shape index (κ3) is 4.90. The van der Waals surface area contributed by atoms with Crippen LogP contribution in [0, 0.1) is 0 Å². The first-order chi connectivity index (χ1) is 10.0. The number of aromatic hydroxyl groups is 1. The van der Waals surface area contributed by atoms with Gasteiger partial charge in [0.2, 0.25) is 0 Å². The van der Waals surface area contributed by atoms with Crippen molar-refractivity contribution < 1.29 is 9.90 Å². The molecule has 0 aliphatic heterocycles. The van der Waals surface area contributed by atoms with Crippen LogP contribution in [0.2, 0.25) is 0 Å². The minimum atomic E-state index is -0.0606. The highest BCUT2D eigenvalue weighted by molar-refractivity contribution is 9.10. The lowest BCUT2D eigenvalue weighted by molar-refractivity contribution is 0.0938. The molecular weight excluding hydrogens is 330 g/mol. The first-order valence-electron chi connectivity index (χ1n) is 6.89. The summed E-state index contributed by atoms with van der Waals surface area (Å²) in [4.78, 5) is 12.1. The second-order valence-corrected chi connectivity index (χ2v) is 6.01. The van der Waals surface area contributed by atoms with Gasteiger partial charge >= 0.3 is 0 Å². The van der Waals surface area contributed by atoms with Crippen LogP contribution in [0.25, 0.3) is 0 Å². The molecule has 1 atom stereocenters. The highest BCUT2D eigenvalue weighted by Crippen LogP contribution is 2.13. The van der Waals surface area contributed by atoms with Gasteiger partial charge in [-0.3, -0.25) is 4.79 Å². The summed E-state index contributed by atoms with van der Waals surface area (Å²) in [7, 11) is 0. The summed E-state index contributed by atoms with van der Waals surface area (Å²) < 4.78 is 0.895. The molecule has 2 aromatic rings. The molecule has 2 aromatic carbocycles. The summed E-state index contributed by atoms with van der Waals surface area (Å²) in [5.41, 5.74) is 1.80. The molecule has 21 heavy (non-hydrogen) atoms. The van der Waals surface area contributed by atoms with Gasteiger partial charge in [0.25, 0.3) is 5.91 Å². The summed E-state index contributed by atoms with van der Waals surface area (Å²) in [5, 5.41) is 12.2. The van der Waals surface area contributed by atoms with Crippen LogP contribution in [-0.2, 0) is 6.42 Å². The SMILES string of the molecule is CC(CCc1ccc(O)cc1)NC(=O)c1cccc(Br)c1. The molecule has 0 saturated carbocycles. The van der Waals surface area contributed by atoms with Crippen LogP contribution in [0.1, 0.15) is 29.3 Å². The Morgan fingerprint density at radius 2 is 1.95 bits per heavy atom. The number of carbonyl (C=O) groups excluding carboxylic acids is 1. The van der Waals surface area contributed by atoms with Crippen molar-refractivity contribution in [1.82, 2.24) is 5.32 Å². The number of carbonyl (C=O) groups is 1. The minimum Gasteiger partial charge on any atom is -0.508 e. The van der Waals surface area contributed by atoms with Gasteiger partial charge in [-0.2, -0.15) is 0 Å². The molecule has 110 valence electrons. The monoisotopic (exact) mass is 347 g/mol. The third-order valence-electron chi connectivity index (χ3n) is 3.27. The molecule has 2 N–H and O–H groups in total. The normalized spacial score (nSPS) is 11.9. The Bertz CT molecular complexity index is 610. The maximum atomic E-state index is 12.1. The fourth-order valence-electron chi connectivity index (χ4n) is 2.05. The van der Waals surface area contributed by atoms with Gasteiger partial charge in [-0.25, -0.2) is 0 Å². The van der Waals surface area contributed by atoms with Crippen molar-refractivity contribution in [1.29, 1.82) is 0 Å². The maximum absolute atomic E-state index is 12.1. The Morgan fingerprint density at radius 3 is 2.62 bits per heavy atom. The average molecular weight is 348 g/mol. The molecule has 0 aliphatic rings. The number of halogens is 1. The summed E-state index contributed by atoms with van der Waals surface area (Å²) >= 11 is 3.36. The smallest absolute Gasteiger partial charge is 0.251 e. The number of phenolic OH excluding ortho intramolecular Hbond substituents is 1. The number of benzene rings is 2. The number of amides is 1. The lowest BCUT2D eigenvalue weighted by Gasteiger charge is -2.14. The number of hydrogen-bond acceptors (Lipinski definition) is 2. The van der Waals surface area contributed by atoms with Gasteiger partial charge in [-0.1, -0.05) is 34.1 Å². The third-order valence-corrected chi connectivity index (χ3v) is 3.76. The number of rotatable bonds is 5. The van der Waals surface area contributed by atoms with E-state index in [2.05, 4.69) is 21.2 Å². The molecule has 1 unspecified atom stereocenters. The van der Waals surface area contributed by atoms with Crippen molar-refractivity contribution in [3.8, 4) is 5.75 Å². The molecule has 0 aliphatic carbocycles. The second-order valence-electron chi connectivity index (χ2n) is 5.09. The molecule has 3 nitrogen and oxygen atoms in total. The van der Waals surface area contributed by atoms with E-state index >= 15 is 0 Å². The molecule has 0 bridgehead atoms. The van der Waals surface area contributed by atoms with Crippen molar-refractivity contribution in [3.63, 3.8) is 0 Å². The van der Waals surface area contributed by atoms with Crippen LogP contribution in [0.4, 0.5) is 0 Å². The molecule has 0 fully saturated rings. The molecule has 0 saturated heterocycles. The first-order valence-corrected chi connectivity index (χ1v) is 7.68. The van der Waals surface area contributed by atoms with Crippen LogP contribution < -0.4 is 5.32 Å². The lowest BCUT2D eigenvalue weighted by Crippen LogP contribution is -2.32. The van der Waals surface area contributed by atoms with Crippen LogP contribution >= 0.6 is 15.9 Å². The Kier molecular flexibility index (Phi) is 5.39. The molecule has 4 heteroatoms. The van der Waals surface area contributed by atoms with Gasteiger partial charge in [-0.05, 0) is 55.7 Å². The van der Waals surface area contributed by atoms with Gasteiger partial charge in [-0.15, -0.1) is 0 Å². The molecule has 0 radical (unpaired) electrons. The van der Waals surface area contributed by atoms with Crippen molar-refractivity contribution in [3.05, 3.63) is 64.1 Å². The van der Waals surface area contributed by atoms with E-state index in [1.165, 1.54) is 0 Å². The lowest BCUT2D eigenvalue weighted by atomic mass is 10.1. The van der Waals surface area contributed by atoms with Gasteiger partial charge < -0.3 is 10.4 Å². The molecule has 2 rings (SSSR count). The molecule has 1 amide bonds. The van der Waals surface area contributed by atoms with E-state index in [4.69, 9.17) is 0 Å². The molecular formula is C17H18BrNO2. The predicted molar refractivity (Wildman–Crippen MR) is 87.5 cm³/mol. The quantitative estimate of drug-likeness (QED) is 0.861. The van der Waals surface area contributed by atoms with E-state index in [1.807, 2.05) is 37.3 Å². The largest absolute Gasteiger partial charge is 0.508 e. The van der Waals surface area contributed by atoms with Crippen LogP contribution in [0.5, 0.6) is 5.75 Å². The minimum absolute atomic E-state index is 0.0606. The highest BCUT2D eigenvalue weighted by atomic mass is 79.9. The van der Waals surface area contributed by atoms with Gasteiger partial charge in [0.15, 0.2) is 0 Å². The van der Waals surface area contributed by atoms with Crippen LogP contribution in [0.15, 0.2) is 53.0 Å². The number of phenols is 1. The van der Waals surface area contributed by atoms with E-state index in [0.717, 1.165) is 22.9 Å². The Labute approximate surface area is 133 Å². The van der Waals surface area contributed by atoms with E-state index < -0.39 is 0 Å². The summed E-state index contributed by atoms with van der Waals surface area (Å²) in [6.07, 6.45) is 1.71. The standard InChI is InChI=1S/C17H18BrNO2/c1-12(5-6-13-7-9-16(20)10-8-13)19-17(21)14-3-2-4-15(18)11-14/h2-4,7-12,20H,5-6H2,1H3,(H,19,21). The zero-order valence-electron chi connectivity index (χ0n) is 11.8. The summed E-state index contributed by atoms with van der Waals surface area (Å²) in [6.45, 7) is 2.00. The Hall–Kier alpha value is -1.81. The molecule has 0 heterocycles. The first kappa shape index (κ1) is 15.6. The predicted octanol–water partition coefficient (Wildman–Crippen LogP) is 3.91. The average Bonchev–Trinajstić information content (AvgIpc) is 2.46. The van der Waals surface area contributed by atoms with Gasteiger partial charge in [0.05, 0.1) is 0 Å². The van der Waals surface area contributed by atoms with Crippen LogP contribution in [0.3, 0.4) is 0 Å². The molecule has 0 spiro atoms. The Morgan fingerprint density at radius 1 is 1.24 bits per heavy atom. The van der Waals surface area contributed by atoms with Gasteiger partial charge in [0, 0.05) is 16.1 Å². The zero-order chi connectivity index (χ0) is 15.2. The van der Waals surface area contributed by atoms with Crippen LogP contribution in [-0.4, -0.2) is 17.1 Å². The number of aryl methyl sites for hydroxylation is 1. The summed E-state index contributed by atoms with van der Waals surface area (Å²) in [6, 6.07) is 14.6. The van der Waals surface area contributed by atoms with E-state index in [1.54, 1.807) is 18.2 Å². The number of hydrogen-bond donors (Lipinski definition) is 2. The highest BCUT2D eigenvalue weighted by Gasteiger charge is 2.10. The van der Waals surface area contributed by atoms with E-state index in [9.17, 15) is 9.90 Å². The van der Waals surface area contributed by atoms with E-state index in [-0.39, 0.29) is 17.7 Å². The number of nitrogens with one attached hydrogen (secondary N) is 1. The van der Waals surface area contributed by atoms with E-state index in [0.29, 0.717) is 5.56 Å². The zero-order valence-corrected chi connectivity index (χ0v) is 13.4. The fraction of sp³-hybridized carbons (Fsp3) is 0.235. The second kappa shape index (κ2) is 7.27. The molecule has 0 aromatic heterocycles. The van der Waals surface area contributed by atoms with Crippen molar-refractivity contribution in [2.24, 2.45) is 0 Å².